The van der Waals surface area contributed by atoms with Crippen molar-refractivity contribution in [2.24, 2.45) is 0 Å². The van der Waals surface area contributed by atoms with Crippen molar-refractivity contribution in [1.82, 2.24) is 0 Å². The number of hydrogen-bond acceptors (Lipinski definition) is 1. The number of rotatable bonds is 1. The highest BCUT2D eigenvalue weighted by Gasteiger charge is 1.97. The maximum absolute atomic E-state index is 12.8. The highest BCUT2D eigenvalue weighted by Crippen LogP contribution is 2.20. The Morgan fingerprint density at radius 2 is 2.08 bits per heavy atom. The van der Waals surface area contributed by atoms with Crippen LogP contribution in [0.3, 0.4) is 0 Å². The standard InChI is InChI=1S/C11H8FO/c1-13-11-5-3-8-6-10(12)4-2-9(8)7-11/h2-4,6-7H,1H3. The first-order valence-electron chi connectivity index (χ1n) is 3.94. The Labute approximate surface area is 75.8 Å². The molecule has 0 aliphatic rings. The van der Waals surface area contributed by atoms with E-state index in [1.54, 1.807) is 19.2 Å². The summed E-state index contributed by atoms with van der Waals surface area (Å²) in [6.07, 6.45) is 0. The first-order chi connectivity index (χ1) is 6.29. The van der Waals surface area contributed by atoms with Gasteiger partial charge in [-0.05, 0) is 35.0 Å². The lowest BCUT2D eigenvalue weighted by atomic mass is 10.1. The zero-order chi connectivity index (χ0) is 9.26. The van der Waals surface area contributed by atoms with Gasteiger partial charge in [0, 0.05) is 6.07 Å². The Morgan fingerprint density at radius 3 is 2.85 bits per heavy atom. The van der Waals surface area contributed by atoms with Gasteiger partial charge in [-0.1, -0.05) is 6.07 Å². The Kier molecular flexibility index (Phi) is 1.89. The molecule has 0 N–H and O–H groups in total. The van der Waals surface area contributed by atoms with Crippen LogP contribution < -0.4 is 4.74 Å². The molecule has 65 valence electrons. The maximum atomic E-state index is 12.8. The Bertz CT molecular complexity index is 437. The lowest BCUT2D eigenvalue weighted by molar-refractivity contribution is 0.414. The molecule has 2 rings (SSSR count). The molecule has 0 saturated carbocycles. The van der Waals surface area contributed by atoms with Crippen molar-refractivity contribution in [3.63, 3.8) is 0 Å². The zero-order valence-electron chi connectivity index (χ0n) is 7.17. The number of ether oxygens (including phenoxy) is 1. The van der Waals surface area contributed by atoms with Gasteiger partial charge in [0.2, 0.25) is 0 Å². The molecule has 2 heteroatoms. The molecule has 1 radical (unpaired) electrons. The van der Waals surface area contributed by atoms with Gasteiger partial charge in [-0.3, -0.25) is 0 Å². The van der Waals surface area contributed by atoms with Crippen LogP contribution in [-0.2, 0) is 0 Å². The minimum Gasteiger partial charge on any atom is -0.496 e. The molecule has 0 fully saturated rings. The fourth-order valence-electron chi connectivity index (χ4n) is 1.25. The van der Waals surface area contributed by atoms with E-state index in [0.29, 0.717) is 5.75 Å². The van der Waals surface area contributed by atoms with E-state index in [1.165, 1.54) is 12.1 Å². The van der Waals surface area contributed by atoms with Gasteiger partial charge in [-0.2, -0.15) is 0 Å². The number of methoxy groups -OCH3 is 1. The second-order valence-electron chi connectivity index (χ2n) is 2.77. The number of hydrogen-bond donors (Lipinski definition) is 0. The monoisotopic (exact) mass is 175 g/mol. The third kappa shape index (κ3) is 1.47. The SMILES string of the molecule is COc1[c]cc2cc(F)ccc2c1. The van der Waals surface area contributed by atoms with Gasteiger partial charge in [0.05, 0.1) is 7.11 Å². The van der Waals surface area contributed by atoms with E-state index in [9.17, 15) is 4.39 Å². The molecule has 0 spiro atoms. The summed E-state index contributed by atoms with van der Waals surface area (Å²) in [5.41, 5.74) is 0. The second kappa shape index (κ2) is 3.05. The highest BCUT2D eigenvalue weighted by atomic mass is 19.1. The average Bonchev–Trinajstić information content (AvgIpc) is 2.17. The largest absolute Gasteiger partial charge is 0.496 e. The highest BCUT2D eigenvalue weighted by molar-refractivity contribution is 5.83. The molecule has 0 saturated heterocycles. The van der Waals surface area contributed by atoms with Crippen molar-refractivity contribution in [3.8, 4) is 5.75 Å². The van der Waals surface area contributed by atoms with Crippen LogP contribution in [0.1, 0.15) is 0 Å². The van der Waals surface area contributed by atoms with Gasteiger partial charge in [0.25, 0.3) is 0 Å². The number of fused-ring (bicyclic) bond motifs is 1. The number of halogens is 1. The predicted molar refractivity (Wildman–Crippen MR) is 49.3 cm³/mol. The minimum absolute atomic E-state index is 0.230. The van der Waals surface area contributed by atoms with Crippen molar-refractivity contribution in [1.29, 1.82) is 0 Å². The summed E-state index contributed by atoms with van der Waals surface area (Å²) in [7, 11) is 1.58. The fourth-order valence-corrected chi connectivity index (χ4v) is 1.25. The van der Waals surface area contributed by atoms with Crippen LogP contribution in [0.5, 0.6) is 5.75 Å². The summed E-state index contributed by atoms with van der Waals surface area (Å²) in [5.74, 6) is 0.435. The Morgan fingerprint density at radius 1 is 1.23 bits per heavy atom. The van der Waals surface area contributed by atoms with Crippen molar-refractivity contribution in [2.45, 2.75) is 0 Å². The van der Waals surface area contributed by atoms with E-state index in [4.69, 9.17) is 4.74 Å². The minimum atomic E-state index is -0.230. The van der Waals surface area contributed by atoms with Crippen molar-refractivity contribution >= 4 is 10.8 Å². The van der Waals surface area contributed by atoms with Gasteiger partial charge in [0.15, 0.2) is 0 Å². The molecule has 0 heterocycles. The second-order valence-corrected chi connectivity index (χ2v) is 2.77. The summed E-state index contributed by atoms with van der Waals surface area (Å²) in [4.78, 5) is 0. The summed E-state index contributed by atoms with van der Waals surface area (Å²) in [6, 6.07) is 11.1. The molecule has 2 aromatic carbocycles. The third-order valence-electron chi connectivity index (χ3n) is 1.93. The molecule has 13 heavy (non-hydrogen) atoms. The first-order valence-corrected chi connectivity index (χ1v) is 3.94. The van der Waals surface area contributed by atoms with E-state index in [-0.39, 0.29) is 5.82 Å². The van der Waals surface area contributed by atoms with Gasteiger partial charge in [0.1, 0.15) is 11.6 Å². The Hall–Kier alpha value is -1.57. The molecular formula is C11H8FO. The van der Waals surface area contributed by atoms with Gasteiger partial charge >= 0.3 is 0 Å². The van der Waals surface area contributed by atoms with Crippen LogP contribution in [0.4, 0.5) is 4.39 Å². The normalized spacial score (nSPS) is 10.3. The predicted octanol–water partition coefficient (Wildman–Crippen LogP) is 2.79. The van der Waals surface area contributed by atoms with Crippen LogP contribution in [0, 0.1) is 11.9 Å². The summed E-state index contributed by atoms with van der Waals surface area (Å²) in [6.45, 7) is 0. The zero-order valence-corrected chi connectivity index (χ0v) is 7.17. The third-order valence-corrected chi connectivity index (χ3v) is 1.93. The first kappa shape index (κ1) is 8.05. The van der Waals surface area contributed by atoms with Crippen LogP contribution in [0.15, 0.2) is 30.3 Å². The quantitative estimate of drug-likeness (QED) is 0.647. The Balaban J connectivity index is 2.66. The molecule has 0 aromatic heterocycles. The molecule has 0 amide bonds. The summed E-state index contributed by atoms with van der Waals surface area (Å²) >= 11 is 0. The van der Waals surface area contributed by atoms with E-state index >= 15 is 0 Å². The molecule has 2 aromatic rings. The van der Waals surface area contributed by atoms with Crippen LogP contribution in [0.2, 0.25) is 0 Å². The molecule has 0 aliphatic carbocycles. The summed E-state index contributed by atoms with van der Waals surface area (Å²) in [5, 5.41) is 1.79. The van der Waals surface area contributed by atoms with E-state index in [2.05, 4.69) is 6.07 Å². The topological polar surface area (TPSA) is 9.23 Å². The van der Waals surface area contributed by atoms with Gasteiger partial charge < -0.3 is 4.74 Å². The van der Waals surface area contributed by atoms with E-state index in [1.807, 2.05) is 6.07 Å². The fraction of sp³-hybridized carbons (Fsp3) is 0.0909. The molecule has 0 atom stereocenters. The van der Waals surface area contributed by atoms with Crippen molar-refractivity contribution in [2.75, 3.05) is 7.11 Å². The van der Waals surface area contributed by atoms with Crippen LogP contribution in [-0.4, -0.2) is 7.11 Å². The van der Waals surface area contributed by atoms with Gasteiger partial charge in [-0.15, -0.1) is 0 Å². The van der Waals surface area contributed by atoms with Gasteiger partial charge in [-0.25, -0.2) is 4.39 Å². The van der Waals surface area contributed by atoms with E-state index < -0.39 is 0 Å². The lowest BCUT2D eigenvalue weighted by Crippen LogP contribution is -1.83. The molecular weight excluding hydrogens is 167 g/mol. The molecule has 0 aliphatic heterocycles. The molecule has 0 unspecified atom stereocenters. The van der Waals surface area contributed by atoms with Crippen molar-refractivity contribution < 1.29 is 9.13 Å². The van der Waals surface area contributed by atoms with E-state index in [0.717, 1.165) is 10.8 Å². The molecule has 0 bridgehead atoms. The molecule has 1 nitrogen and oxygen atoms in total. The average molecular weight is 175 g/mol. The summed E-state index contributed by atoms with van der Waals surface area (Å²) < 4.78 is 17.8. The van der Waals surface area contributed by atoms with Crippen molar-refractivity contribution in [3.05, 3.63) is 42.2 Å². The lowest BCUT2D eigenvalue weighted by Gasteiger charge is -2.01. The number of benzene rings is 2. The smallest absolute Gasteiger partial charge is 0.127 e. The van der Waals surface area contributed by atoms with Crippen LogP contribution >= 0.6 is 0 Å². The van der Waals surface area contributed by atoms with Crippen LogP contribution in [0.25, 0.3) is 10.8 Å². The maximum Gasteiger partial charge on any atom is 0.127 e.